The summed E-state index contributed by atoms with van der Waals surface area (Å²) in [6.07, 6.45) is 3.63. The zero-order valence-corrected chi connectivity index (χ0v) is 16.5. The van der Waals surface area contributed by atoms with Gasteiger partial charge >= 0.3 is 0 Å². The standard InChI is InChI=1S/C19H29N3O3S/c1-3-21(4-2)17(23)11-7-12-20-18(24)15-9-5-6-13-22(15)19(25)16-10-8-14-26-16/h8,10,14-15H,3-7,9,11-13H2,1-2H3,(H,20,24). The van der Waals surface area contributed by atoms with Gasteiger partial charge in [-0.3, -0.25) is 14.4 Å². The lowest BCUT2D eigenvalue weighted by atomic mass is 10.0. The highest BCUT2D eigenvalue weighted by Gasteiger charge is 2.32. The van der Waals surface area contributed by atoms with E-state index in [0.717, 1.165) is 12.8 Å². The maximum Gasteiger partial charge on any atom is 0.264 e. The SMILES string of the molecule is CCN(CC)C(=O)CCCNC(=O)C1CCCCN1C(=O)c1cccs1. The van der Waals surface area contributed by atoms with Crippen molar-refractivity contribution in [2.24, 2.45) is 0 Å². The minimum Gasteiger partial charge on any atom is -0.354 e. The van der Waals surface area contributed by atoms with Crippen LogP contribution in [0.3, 0.4) is 0 Å². The third-order valence-corrected chi connectivity index (χ3v) is 5.64. The number of amides is 3. The molecule has 1 fully saturated rings. The molecule has 26 heavy (non-hydrogen) atoms. The lowest BCUT2D eigenvalue weighted by Gasteiger charge is -2.34. The highest BCUT2D eigenvalue weighted by molar-refractivity contribution is 7.12. The van der Waals surface area contributed by atoms with Crippen molar-refractivity contribution in [2.75, 3.05) is 26.2 Å². The molecular weight excluding hydrogens is 350 g/mol. The van der Waals surface area contributed by atoms with Crippen molar-refractivity contribution in [3.8, 4) is 0 Å². The maximum absolute atomic E-state index is 12.6. The number of piperidine rings is 1. The Morgan fingerprint density at radius 1 is 1.27 bits per heavy atom. The number of nitrogens with one attached hydrogen (secondary N) is 1. The first kappa shape index (κ1) is 20.4. The number of carbonyl (C=O) groups excluding carboxylic acids is 3. The second-order valence-electron chi connectivity index (χ2n) is 6.45. The van der Waals surface area contributed by atoms with E-state index in [0.29, 0.717) is 50.3 Å². The number of thiophene rings is 1. The summed E-state index contributed by atoms with van der Waals surface area (Å²) < 4.78 is 0. The Morgan fingerprint density at radius 3 is 2.69 bits per heavy atom. The van der Waals surface area contributed by atoms with Crippen LogP contribution < -0.4 is 5.32 Å². The third kappa shape index (κ3) is 5.30. The van der Waals surface area contributed by atoms with Gasteiger partial charge in [0, 0.05) is 32.6 Å². The van der Waals surface area contributed by atoms with Gasteiger partial charge < -0.3 is 15.1 Å². The van der Waals surface area contributed by atoms with Gasteiger partial charge in [-0.25, -0.2) is 0 Å². The summed E-state index contributed by atoms with van der Waals surface area (Å²) in [5.41, 5.74) is 0. The normalized spacial score (nSPS) is 17.0. The van der Waals surface area contributed by atoms with Gasteiger partial charge in [0.25, 0.3) is 5.91 Å². The summed E-state index contributed by atoms with van der Waals surface area (Å²) >= 11 is 1.40. The first-order valence-electron chi connectivity index (χ1n) is 9.48. The van der Waals surface area contributed by atoms with Crippen LogP contribution in [0, 0.1) is 0 Å². The number of nitrogens with zero attached hydrogens (tertiary/aromatic N) is 2. The van der Waals surface area contributed by atoms with Gasteiger partial charge in [-0.05, 0) is 51.0 Å². The molecule has 0 aromatic carbocycles. The summed E-state index contributed by atoms with van der Waals surface area (Å²) in [7, 11) is 0. The highest BCUT2D eigenvalue weighted by atomic mass is 32.1. The van der Waals surface area contributed by atoms with Crippen molar-refractivity contribution in [3.63, 3.8) is 0 Å². The molecule has 1 unspecified atom stereocenters. The van der Waals surface area contributed by atoms with Crippen molar-refractivity contribution in [1.82, 2.24) is 15.1 Å². The third-order valence-electron chi connectivity index (χ3n) is 4.78. The van der Waals surface area contributed by atoms with E-state index in [9.17, 15) is 14.4 Å². The number of rotatable bonds is 8. The monoisotopic (exact) mass is 379 g/mol. The maximum atomic E-state index is 12.6. The predicted molar refractivity (Wildman–Crippen MR) is 103 cm³/mol. The van der Waals surface area contributed by atoms with Gasteiger partial charge in [-0.1, -0.05) is 6.07 Å². The van der Waals surface area contributed by atoms with E-state index in [-0.39, 0.29) is 17.7 Å². The summed E-state index contributed by atoms with van der Waals surface area (Å²) in [4.78, 5) is 41.4. The van der Waals surface area contributed by atoms with Gasteiger partial charge in [0.05, 0.1) is 4.88 Å². The first-order chi connectivity index (χ1) is 12.6. The molecule has 0 aliphatic carbocycles. The number of hydrogen-bond acceptors (Lipinski definition) is 4. The topological polar surface area (TPSA) is 69.7 Å². The van der Waals surface area contributed by atoms with Crippen LogP contribution in [-0.4, -0.2) is 59.7 Å². The minimum absolute atomic E-state index is 0.0587. The van der Waals surface area contributed by atoms with Crippen molar-refractivity contribution >= 4 is 29.1 Å². The fourth-order valence-corrected chi connectivity index (χ4v) is 3.97. The molecule has 2 heterocycles. The molecule has 0 saturated carbocycles. The molecule has 144 valence electrons. The molecule has 1 saturated heterocycles. The first-order valence-corrected chi connectivity index (χ1v) is 10.4. The molecular formula is C19H29N3O3S. The van der Waals surface area contributed by atoms with Gasteiger partial charge in [0.1, 0.15) is 6.04 Å². The van der Waals surface area contributed by atoms with Gasteiger partial charge in [0.15, 0.2) is 0 Å². The Labute approximate surface area is 159 Å². The number of hydrogen-bond donors (Lipinski definition) is 1. The highest BCUT2D eigenvalue weighted by Crippen LogP contribution is 2.21. The second-order valence-corrected chi connectivity index (χ2v) is 7.40. The molecule has 3 amide bonds. The van der Waals surface area contributed by atoms with E-state index in [1.54, 1.807) is 15.9 Å². The van der Waals surface area contributed by atoms with Crippen molar-refractivity contribution < 1.29 is 14.4 Å². The van der Waals surface area contributed by atoms with Crippen LogP contribution in [0.5, 0.6) is 0 Å². The molecule has 7 heteroatoms. The van der Waals surface area contributed by atoms with Gasteiger partial charge in [0.2, 0.25) is 11.8 Å². The van der Waals surface area contributed by atoms with Crippen LogP contribution in [-0.2, 0) is 9.59 Å². The Bertz CT molecular complexity index is 599. The zero-order chi connectivity index (χ0) is 18.9. The van der Waals surface area contributed by atoms with E-state index < -0.39 is 6.04 Å². The fourth-order valence-electron chi connectivity index (χ4n) is 3.29. The van der Waals surface area contributed by atoms with Crippen LogP contribution >= 0.6 is 11.3 Å². The molecule has 1 aliphatic rings. The smallest absolute Gasteiger partial charge is 0.264 e. The lowest BCUT2D eigenvalue weighted by Crippen LogP contribution is -2.52. The van der Waals surface area contributed by atoms with E-state index in [1.165, 1.54) is 11.3 Å². The van der Waals surface area contributed by atoms with E-state index >= 15 is 0 Å². The van der Waals surface area contributed by atoms with E-state index in [1.807, 2.05) is 25.3 Å². The average molecular weight is 380 g/mol. The van der Waals surface area contributed by atoms with E-state index in [4.69, 9.17) is 0 Å². The largest absolute Gasteiger partial charge is 0.354 e. The van der Waals surface area contributed by atoms with Crippen LogP contribution in [0.1, 0.15) is 55.6 Å². The molecule has 0 radical (unpaired) electrons. The van der Waals surface area contributed by atoms with Crippen LogP contribution in [0.4, 0.5) is 0 Å². The Balaban J connectivity index is 1.83. The van der Waals surface area contributed by atoms with Crippen LogP contribution in [0.2, 0.25) is 0 Å². The average Bonchev–Trinajstić information content (AvgIpc) is 3.20. The molecule has 0 bridgehead atoms. The second kappa shape index (κ2) is 10.3. The fraction of sp³-hybridized carbons (Fsp3) is 0.632. The van der Waals surface area contributed by atoms with Crippen LogP contribution in [0.25, 0.3) is 0 Å². The summed E-state index contributed by atoms with van der Waals surface area (Å²) in [6, 6.07) is 3.25. The van der Waals surface area contributed by atoms with Crippen molar-refractivity contribution in [2.45, 2.75) is 52.0 Å². The molecule has 1 aromatic heterocycles. The summed E-state index contributed by atoms with van der Waals surface area (Å²) in [6.45, 7) is 6.43. The molecule has 1 atom stereocenters. The van der Waals surface area contributed by atoms with Gasteiger partial charge in [-0.2, -0.15) is 0 Å². The minimum atomic E-state index is -0.406. The lowest BCUT2D eigenvalue weighted by molar-refractivity contribution is -0.131. The molecule has 1 aromatic rings. The van der Waals surface area contributed by atoms with Crippen molar-refractivity contribution in [1.29, 1.82) is 0 Å². The molecule has 0 spiro atoms. The zero-order valence-electron chi connectivity index (χ0n) is 15.7. The summed E-state index contributed by atoms with van der Waals surface area (Å²) in [5.74, 6) is -0.0436. The molecule has 2 rings (SSSR count). The Kier molecular flexibility index (Phi) is 8.09. The summed E-state index contributed by atoms with van der Waals surface area (Å²) in [5, 5.41) is 4.79. The quantitative estimate of drug-likeness (QED) is 0.706. The number of likely N-dealkylation sites (tertiary alicyclic amines) is 1. The van der Waals surface area contributed by atoms with Gasteiger partial charge in [-0.15, -0.1) is 11.3 Å². The molecule has 6 nitrogen and oxygen atoms in total. The van der Waals surface area contributed by atoms with Crippen molar-refractivity contribution in [3.05, 3.63) is 22.4 Å². The molecule has 1 N–H and O–H groups in total. The van der Waals surface area contributed by atoms with E-state index in [2.05, 4.69) is 5.32 Å². The predicted octanol–water partition coefficient (Wildman–Crippen LogP) is 2.51. The molecule has 1 aliphatic heterocycles. The number of carbonyl (C=O) groups is 3. The Hall–Kier alpha value is -1.89. The Morgan fingerprint density at radius 2 is 2.04 bits per heavy atom. The van der Waals surface area contributed by atoms with Crippen LogP contribution in [0.15, 0.2) is 17.5 Å².